The van der Waals surface area contributed by atoms with E-state index in [2.05, 4.69) is 21.1 Å². The van der Waals surface area contributed by atoms with Gasteiger partial charge < -0.3 is 9.80 Å². The number of carbonyl (C=O) groups is 1. The Hall–Kier alpha value is -1.14. The molecule has 0 unspecified atom stereocenters. The van der Waals surface area contributed by atoms with Crippen molar-refractivity contribution in [1.29, 1.82) is 0 Å². The van der Waals surface area contributed by atoms with E-state index in [1.54, 1.807) is 12.4 Å². The Bertz CT molecular complexity index is 579. The van der Waals surface area contributed by atoms with Crippen LogP contribution < -0.4 is 0 Å². The minimum Gasteiger partial charge on any atom is -0.336 e. The molecule has 1 spiro atoms. The summed E-state index contributed by atoms with van der Waals surface area (Å²) >= 11 is 1.93. The van der Waals surface area contributed by atoms with Gasteiger partial charge in [0, 0.05) is 31.1 Å². The molecule has 5 nitrogen and oxygen atoms in total. The molecule has 0 saturated carbocycles. The Morgan fingerprint density at radius 2 is 2.12 bits per heavy atom. The monoisotopic (exact) mass is 362 g/mol. The predicted molar refractivity (Wildman–Crippen MR) is 103 cm³/mol. The number of nitrogens with zero attached hydrogens (tertiary/aromatic N) is 4. The lowest BCUT2D eigenvalue weighted by molar-refractivity contribution is -0.140. The van der Waals surface area contributed by atoms with Crippen LogP contribution in [0, 0.1) is 12.3 Å². The summed E-state index contributed by atoms with van der Waals surface area (Å²) in [6.07, 6.45) is 11.3. The quantitative estimate of drug-likeness (QED) is 0.728. The topological polar surface area (TPSA) is 49.3 Å². The van der Waals surface area contributed by atoms with Gasteiger partial charge >= 0.3 is 0 Å². The zero-order valence-electron chi connectivity index (χ0n) is 15.5. The highest BCUT2D eigenvalue weighted by Gasteiger charge is 2.41. The fourth-order valence-electron chi connectivity index (χ4n) is 4.21. The van der Waals surface area contributed by atoms with Crippen LogP contribution in [0.3, 0.4) is 0 Å². The lowest BCUT2D eigenvalue weighted by atomic mass is 9.73. The predicted octanol–water partition coefficient (Wildman–Crippen LogP) is 2.74. The van der Waals surface area contributed by atoms with Gasteiger partial charge in [0.1, 0.15) is 0 Å². The first kappa shape index (κ1) is 18.6. The first-order valence-electron chi connectivity index (χ1n) is 9.37. The summed E-state index contributed by atoms with van der Waals surface area (Å²) in [6.45, 7) is 6.96. The largest absolute Gasteiger partial charge is 0.336 e. The SMILES string of the molecule is CSCCCN1CCC[C@@]2(CCC(=O)N(Cc3cnc(C)cn3)C2)C1. The first-order valence-corrected chi connectivity index (χ1v) is 10.8. The molecule has 2 aliphatic heterocycles. The zero-order valence-corrected chi connectivity index (χ0v) is 16.4. The number of carbonyl (C=O) groups excluding carboxylic acids is 1. The van der Waals surface area contributed by atoms with Gasteiger partial charge in [-0.2, -0.15) is 11.8 Å². The second-order valence-corrected chi connectivity index (χ2v) is 8.61. The average Bonchev–Trinajstić information content (AvgIpc) is 2.61. The van der Waals surface area contributed by atoms with Crippen molar-refractivity contribution in [2.75, 3.05) is 38.2 Å². The summed E-state index contributed by atoms with van der Waals surface area (Å²) in [7, 11) is 0. The van der Waals surface area contributed by atoms with Gasteiger partial charge in [0.25, 0.3) is 0 Å². The fraction of sp³-hybridized carbons (Fsp3) is 0.737. The van der Waals surface area contributed by atoms with E-state index in [-0.39, 0.29) is 11.3 Å². The van der Waals surface area contributed by atoms with Gasteiger partial charge in [-0.25, -0.2) is 0 Å². The summed E-state index contributed by atoms with van der Waals surface area (Å²) in [5.41, 5.74) is 2.09. The number of aromatic nitrogens is 2. The molecule has 1 aromatic heterocycles. The van der Waals surface area contributed by atoms with E-state index in [9.17, 15) is 4.79 Å². The van der Waals surface area contributed by atoms with Crippen molar-refractivity contribution in [3.05, 3.63) is 23.8 Å². The highest BCUT2D eigenvalue weighted by Crippen LogP contribution is 2.39. The van der Waals surface area contributed by atoms with Crippen molar-refractivity contribution >= 4 is 17.7 Å². The molecule has 3 heterocycles. The number of piperidine rings is 2. The fourth-order valence-corrected chi connectivity index (χ4v) is 4.63. The number of aryl methyl sites for hydroxylation is 1. The molecule has 2 fully saturated rings. The van der Waals surface area contributed by atoms with Gasteiger partial charge in [0.05, 0.1) is 24.1 Å². The lowest BCUT2D eigenvalue weighted by Gasteiger charge is -2.48. The highest BCUT2D eigenvalue weighted by molar-refractivity contribution is 7.98. The molecule has 0 radical (unpaired) electrons. The molecule has 138 valence electrons. The molecule has 25 heavy (non-hydrogen) atoms. The van der Waals surface area contributed by atoms with Gasteiger partial charge in [-0.15, -0.1) is 0 Å². The van der Waals surface area contributed by atoms with Gasteiger partial charge in [-0.3, -0.25) is 14.8 Å². The van der Waals surface area contributed by atoms with Crippen LogP contribution in [-0.2, 0) is 11.3 Å². The standard InChI is InChI=1S/C19H30N4OS/c1-16-11-21-17(12-20-16)13-23-15-19(7-5-18(23)24)6-3-8-22(14-19)9-4-10-25-2/h11-12H,3-10,13-15H2,1-2H3/t19-/m1/s1. The highest BCUT2D eigenvalue weighted by atomic mass is 32.2. The van der Waals surface area contributed by atoms with Crippen LogP contribution in [0.15, 0.2) is 12.4 Å². The van der Waals surface area contributed by atoms with Crippen LogP contribution in [0.25, 0.3) is 0 Å². The molecule has 3 rings (SSSR count). The van der Waals surface area contributed by atoms with Crippen molar-refractivity contribution in [2.24, 2.45) is 5.41 Å². The molecule has 1 atom stereocenters. The average molecular weight is 363 g/mol. The summed E-state index contributed by atoms with van der Waals surface area (Å²) in [5, 5.41) is 0. The van der Waals surface area contributed by atoms with E-state index in [4.69, 9.17) is 0 Å². The Labute approximate surface area is 155 Å². The number of rotatable bonds is 6. The molecule has 2 saturated heterocycles. The van der Waals surface area contributed by atoms with Crippen LogP contribution in [-0.4, -0.2) is 63.9 Å². The number of hydrogen-bond donors (Lipinski definition) is 0. The third kappa shape index (κ3) is 4.94. The molecule has 2 aliphatic rings. The Balaban J connectivity index is 1.62. The maximum absolute atomic E-state index is 12.4. The van der Waals surface area contributed by atoms with Crippen LogP contribution >= 0.6 is 11.8 Å². The Morgan fingerprint density at radius 3 is 2.88 bits per heavy atom. The van der Waals surface area contributed by atoms with E-state index in [0.717, 1.165) is 30.9 Å². The van der Waals surface area contributed by atoms with Crippen molar-refractivity contribution in [3.8, 4) is 0 Å². The van der Waals surface area contributed by atoms with Crippen LogP contribution in [0.5, 0.6) is 0 Å². The number of thioether (sulfide) groups is 1. The van der Waals surface area contributed by atoms with Gasteiger partial charge in [-0.05, 0) is 57.7 Å². The molecule has 0 bridgehead atoms. The number of amides is 1. The van der Waals surface area contributed by atoms with Crippen molar-refractivity contribution < 1.29 is 4.79 Å². The van der Waals surface area contributed by atoms with E-state index < -0.39 is 0 Å². The van der Waals surface area contributed by atoms with Crippen LogP contribution in [0.1, 0.15) is 43.5 Å². The minimum atomic E-state index is 0.271. The third-order valence-electron chi connectivity index (χ3n) is 5.50. The summed E-state index contributed by atoms with van der Waals surface area (Å²) < 4.78 is 0. The zero-order chi connectivity index (χ0) is 17.7. The molecule has 1 aromatic rings. The molecule has 1 amide bonds. The number of likely N-dealkylation sites (tertiary alicyclic amines) is 2. The van der Waals surface area contributed by atoms with E-state index in [0.29, 0.717) is 13.0 Å². The molecular weight excluding hydrogens is 332 g/mol. The van der Waals surface area contributed by atoms with Crippen LogP contribution in [0.2, 0.25) is 0 Å². The van der Waals surface area contributed by atoms with Crippen molar-refractivity contribution in [2.45, 2.75) is 45.6 Å². The van der Waals surface area contributed by atoms with Crippen molar-refractivity contribution in [1.82, 2.24) is 19.8 Å². The van der Waals surface area contributed by atoms with Gasteiger partial charge in [0.2, 0.25) is 5.91 Å². The normalized spacial score (nSPS) is 24.9. The van der Waals surface area contributed by atoms with Gasteiger partial charge in [0.15, 0.2) is 0 Å². The second kappa shape index (κ2) is 8.49. The molecule has 0 N–H and O–H groups in total. The molecule has 0 aliphatic carbocycles. The molecular formula is C19H30N4OS. The molecule has 0 aromatic carbocycles. The van der Waals surface area contributed by atoms with Gasteiger partial charge in [-0.1, -0.05) is 0 Å². The summed E-state index contributed by atoms with van der Waals surface area (Å²) in [4.78, 5) is 25.8. The van der Waals surface area contributed by atoms with Crippen LogP contribution in [0.4, 0.5) is 0 Å². The smallest absolute Gasteiger partial charge is 0.222 e. The lowest BCUT2D eigenvalue weighted by Crippen LogP contribution is -2.53. The van der Waals surface area contributed by atoms with E-state index in [1.165, 1.54) is 38.1 Å². The second-order valence-electron chi connectivity index (χ2n) is 7.62. The summed E-state index contributed by atoms with van der Waals surface area (Å²) in [5.74, 6) is 1.51. The van der Waals surface area contributed by atoms with E-state index in [1.807, 2.05) is 23.6 Å². The molecule has 6 heteroatoms. The first-order chi connectivity index (χ1) is 12.1. The Morgan fingerprint density at radius 1 is 1.24 bits per heavy atom. The number of hydrogen-bond acceptors (Lipinski definition) is 5. The minimum absolute atomic E-state index is 0.271. The summed E-state index contributed by atoms with van der Waals surface area (Å²) in [6, 6.07) is 0. The Kier molecular flexibility index (Phi) is 6.34. The van der Waals surface area contributed by atoms with Crippen molar-refractivity contribution in [3.63, 3.8) is 0 Å². The van der Waals surface area contributed by atoms with E-state index >= 15 is 0 Å². The maximum atomic E-state index is 12.4. The third-order valence-corrected chi connectivity index (χ3v) is 6.20. The maximum Gasteiger partial charge on any atom is 0.222 e.